The number of alkyl halides is 1. The van der Waals surface area contributed by atoms with Crippen LogP contribution in [0.5, 0.6) is 0 Å². The maximum absolute atomic E-state index is 10.8. The van der Waals surface area contributed by atoms with Gasteiger partial charge in [-0.25, -0.2) is 4.79 Å². The van der Waals surface area contributed by atoms with Crippen molar-refractivity contribution < 1.29 is 23.9 Å². The summed E-state index contributed by atoms with van der Waals surface area (Å²) in [5.74, 6) is -2.59. The van der Waals surface area contributed by atoms with E-state index in [9.17, 15) is 14.4 Å². The van der Waals surface area contributed by atoms with Gasteiger partial charge >= 0.3 is 17.9 Å². The monoisotopic (exact) mass is 234 g/mol. The van der Waals surface area contributed by atoms with Crippen molar-refractivity contribution in [2.24, 2.45) is 0 Å². The van der Waals surface area contributed by atoms with Crippen molar-refractivity contribution in [3.05, 3.63) is 12.2 Å². The summed E-state index contributed by atoms with van der Waals surface area (Å²) >= 11 is 5.10. The van der Waals surface area contributed by atoms with Crippen LogP contribution in [0.15, 0.2) is 12.2 Å². The summed E-state index contributed by atoms with van der Waals surface area (Å²) in [5, 5.41) is 0. The highest BCUT2D eigenvalue weighted by Gasteiger charge is 2.10. The Bertz CT molecular complexity index is 284. The molecule has 0 rings (SSSR count). The molecule has 0 fully saturated rings. The van der Waals surface area contributed by atoms with E-state index in [1.54, 1.807) is 0 Å². The van der Waals surface area contributed by atoms with Gasteiger partial charge in [-0.05, 0) is 6.92 Å². The van der Waals surface area contributed by atoms with Crippen molar-refractivity contribution in [1.29, 1.82) is 0 Å². The van der Waals surface area contributed by atoms with Crippen LogP contribution < -0.4 is 0 Å². The number of carbonyl (C=O) groups is 3. The number of rotatable bonds is 5. The molecule has 0 aliphatic carbocycles. The Morgan fingerprint density at radius 3 is 2.33 bits per heavy atom. The summed E-state index contributed by atoms with van der Waals surface area (Å²) in [6.07, 6.45) is -0.193. The molecule has 6 heteroatoms. The lowest BCUT2D eigenvalue weighted by molar-refractivity contribution is -0.158. The zero-order chi connectivity index (χ0) is 11.8. The van der Waals surface area contributed by atoms with Crippen LogP contribution in [0.1, 0.15) is 13.3 Å². The van der Waals surface area contributed by atoms with Crippen molar-refractivity contribution in [3.63, 3.8) is 0 Å². The molecule has 84 valence electrons. The maximum atomic E-state index is 10.8. The molecule has 15 heavy (non-hydrogen) atoms. The molecule has 0 aromatic rings. The first kappa shape index (κ1) is 13.6. The van der Waals surface area contributed by atoms with Crippen LogP contribution in [0, 0.1) is 0 Å². The van der Waals surface area contributed by atoms with E-state index >= 15 is 0 Å². The molecule has 0 aliphatic rings. The lowest BCUT2D eigenvalue weighted by Crippen LogP contribution is -2.16. The van der Waals surface area contributed by atoms with Crippen molar-refractivity contribution in [2.75, 3.05) is 12.5 Å². The van der Waals surface area contributed by atoms with Gasteiger partial charge in [0.15, 0.2) is 0 Å². The Kier molecular flexibility index (Phi) is 6.37. The number of halogens is 1. The second-order valence-electron chi connectivity index (χ2n) is 2.65. The highest BCUT2D eigenvalue weighted by molar-refractivity contribution is 6.27. The van der Waals surface area contributed by atoms with Gasteiger partial charge in [-0.2, -0.15) is 0 Å². The third kappa shape index (κ3) is 6.68. The predicted molar refractivity (Wildman–Crippen MR) is 52.2 cm³/mol. The van der Waals surface area contributed by atoms with Gasteiger partial charge in [0.1, 0.15) is 12.5 Å². The fraction of sp³-hybridized carbons (Fsp3) is 0.444. The van der Waals surface area contributed by atoms with Gasteiger partial charge in [0.05, 0.1) is 6.42 Å². The summed E-state index contributed by atoms with van der Waals surface area (Å²) in [6.45, 7) is 4.68. The third-order valence-electron chi connectivity index (χ3n) is 1.22. The van der Waals surface area contributed by atoms with Gasteiger partial charge in [0.2, 0.25) is 0 Å². The first-order chi connectivity index (χ1) is 6.97. The molecule has 0 N–H and O–H groups in total. The Morgan fingerprint density at radius 2 is 1.87 bits per heavy atom. The Labute approximate surface area is 92.0 Å². The molecule has 0 radical (unpaired) electrons. The van der Waals surface area contributed by atoms with Crippen molar-refractivity contribution in [1.82, 2.24) is 0 Å². The van der Waals surface area contributed by atoms with Gasteiger partial charge in [-0.3, -0.25) is 9.59 Å². The normalized spacial score (nSPS) is 9.20. The fourth-order valence-corrected chi connectivity index (χ4v) is 0.610. The molecule has 0 saturated heterocycles. The van der Waals surface area contributed by atoms with Gasteiger partial charge in [0.25, 0.3) is 0 Å². The SMILES string of the molecule is C=C(C)C(=O)OCCC(=O)OC(=O)CCl. The van der Waals surface area contributed by atoms with Gasteiger partial charge in [0, 0.05) is 5.57 Å². The van der Waals surface area contributed by atoms with Crippen LogP contribution in [0.2, 0.25) is 0 Å². The standard InChI is InChI=1S/C9H11ClO5/c1-6(2)9(13)14-4-3-7(11)15-8(12)5-10/h1,3-5H2,2H3. The molecule has 0 atom stereocenters. The largest absolute Gasteiger partial charge is 0.462 e. The molecule has 0 unspecified atom stereocenters. The van der Waals surface area contributed by atoms with Crippen LogP contribution >= 0.6 is 11.6 Å². The van der Waals surface area contributed by atoms with Crippen LogP contribution in [-0.4, -0.2) is 30.4 Å². The highest BCUT2D eigenvalue weighted by atomic mass is 35.5. The molecule has 0 saturated carbocycles. The van der Waals surface area contributed by atoms with Crippen molar-refractivity contribution >= 4 is 29.5 Å². The zero-order valence-corrected chi connectivity index (χ0v) is 9.00. The average molecular weight is 235 g/mol. The Morgan fingerprint density at radius 1 is 1.27 bits per heavy atom. The van der Waals surface area contributed by atoms with E-state index in [4.69, 9.17) is 11.6 Å². The number of ether oxygens (including phenoxy) is 2. The van der Waals surface area contributed by atoms with Crippen molar-refractivity contribution in [2.45, 2.75) is 13.3 Å². The number of esters is 3. The lowest BCUT2D eigenvalue weighted by Gasteiger charge is -2.03. The van der Waals surface area contributed by atoms with Gasteiger partial charge in [-0.15, -0.1) is 11.6 Å². The first-order valence-corrected chi connectivity index (χ1v) is 4.63. The van der Waals surface area contributed by atoms with E-state index in [2.05, 4.69) is 16.1 Å². The average Bonchev–Trinajstić information content (AvgIpc) is 2.17. The summed E-state index contributed by atoms with van der Waals surface area (Å²) in [4.78, 5) is 32.2. The van der Waals surface area contributed by atoms with Gasteiger partial charge in [-0.1, -0.05) is 6.58 Å². The second kappa shape index (κ2) is 7.00. The highest BCUT2D eigenvalue weighted by Crippen LogP contribution is 1.95. The summed E-state index contributed by atoms with van der Waals surface area (Å²) in [7, 11) is 0. The molecule has 0 amide bonds. The van der Waals surface area contributed by atoms with Crippen LogP contribution in [-0.2, 0) is 23.9 Å². The molecular formula is C9H11ClO5. The topological polar surface area (TPSA) is 69.7 Å². The number of hydrogen-bond donors (Lipinski definition) is 0. The summed E-state index contributed by atoms with van der Waals surface area (Å²) in [5.41, 5.74) is 0.236. The van der Waals surface area contributed by atoms with E-state index < -0.39 is 23.8 Å². The minimum Gasteiger partial charge on any atom is -0.462 e. The molecule has 0 aliphatic heterocycles. The first-order valence-electron chi connectivity index (χ1n) is 4.09. The van der Waals surface area contributed by atoms with E-state index in [1.165, 1.54) is 6.92 Å². The Balaban J connectivity index is 3.69. The zero-order valence-electron chi connectivity index (χ0n) is 8.25. The number of carbonyl (C=O) groups excluding carboxylic acids is 3. The molecule has 5 nitrogen and oxygen atoms in total. The number of hydrogen-bond acceptors (Lipinski definition) is 5. The van der Waals surface area contributed by atoms with Crippen LogP contribution in [0.3, 0.4) is 0 Å². The van der Waals surface area contributed by atoms with Crippen LogP contribution in [0.25, 0.3) is 0 Å². The maximum Gasteiger partial charge on any atom is 0.333 e. The smallest absolute Gasteiger partial charge is 0.333 e. The Hall–Kier alpha value is -1.36. The predicted octanol–water partition coefficient (Wildman–Crippen LogP) is 0.804. The summed E-state index contributed by atoms with van der Waals surface area (Å²) < 4.78 is 8.82. The molecule has 0 spiro atoms. The van der Waals surface area contributed by atoms with E-state index in [1.807, 2.05) is 0 Å². The van der Waals surface area contributed by atoms with E-state index in [0.29, 0.717) is 0 Å². The quantitative estimate of drug-likeness (QED) is 0.305. The van der Waals surface area contributed by atoms with E-state index in [-0.39, 0.29) is 18.6 Å². The third-order valence-corrected chi connectivity index (χ3v) is 1.44. The molecule has 0 bridgehead atoms. The lowest BCUT2D eigenvalue weighted by atomic mass is 10.4. The molecule has 0 heterocycles. The molecule has 0 aromatic carbocycles. The minimum atomic E-state index is -0.826. The fourth-order valence-electron chi connectivity index (χ4n) is 0.556. The molecular weight excluding hydrogens is 224 g/mol. The van der Waals surface area contributed by atoms with Crippen LogP contribution in [0.4, 0.5) is 0 Å². The second-order valence-corrected chi connectivity index (χ2v) is 2.91. The summed E-state index contributed by atoms with van der Waals surface area (Å²) in [6, 6.07) is 0. The van der Waals surface area contributed by atoms with Crippen molar-refractivity contribution in [3.8, 4) is 0 Å². The van der Waals surface area contributed by atoms with Gasteiger partial charge < -0.3 is 9.47 Å². The minimum absolute atomic E-state index is 0.153. The van der Waals surface area contributed by atoms with E-state index in [0.717, 1.165) is 0 Å². The molecule has 0 aromatic heterocycles.